The maximum absolute atomic E-state index is 13.4. The van der Waals surface area contributed by atoms with E-state index in [0.717, 1.165) is 29.7 Å². The van der Waals surface area contributed by atoms with Gasteiger partial charge in [-0.05, 0) is 79.8 Å². The van der Waals surface area contributed by atoms with Gasteiger partial charge in [-0.15, -0.1) is 0 Å². The van der Waals surface area contributed by atoms with Crippen LogP contribution in [0.5, 0.6) is 5.75 Å². The minimum atomic E-state index is -3.88. The number of hydrogen-bond acceptors (Lipinski definition) is 4. The molecule has 0 unspecified atom stereocenters. The molecule has 0 aliphatic carbocycles. The van der Waals surface area contributed by atoms with Crippen LogP contribution in [0, 0.1) is 6.92 Å². The standard InChI is InChI=1S/C27H32N2O4S/c1-6-20-10-9-11-21(7-2)26(20)28-27(30)25-18-24(17-12-19(25)4)34(31,32)29(5)22-13-15-23(16-14-22)33-8-3/h9-18H,6-8H2,1-5H3,(H,28,30). The lowest BCUT2D eigenvalue weighted by Gasteiger charge is -2.21. The van der Waals surface area contributed by atoms with Crippen LogP contribution in [0.3, 0.4) is 0 Å². The van der Waals surface area contributed by atoms with Gasteiger partial charge in [-0.3, -0.25) is 9.10 Å². The van der Waals surface area contributed by atoms with Crippen molar-refractivity contribution in [3.8, 4) is 5.75 Å². The minimum Gasteiger partial charge on any atom is -0.494 e. The predicted octanol–water partition coefficient (Wildman–Crippen LogP) is 5.60. The second-order valence-electron chi connectivity index (χ2n) is 7.99. The minimum absolute atomic E-state index is 0.0547. The van der Waals surface area contributed by atoms with E-state index in [2.05, 4.69) is 5.32 Å². The molecule has 0 aliphatic rings. The summed E-state index contributed by atoms with van der Waals surface area (Å²) >= 11 is 0. The first-order chi connectivity index (χ1) is 16.2. The van der Waals surface area contributed by atoms with E-state index >= 15 is 0 Å². The summed E-state index contributed by atoms with van der Waals surface area (Å²) in [7, 11) is -2.38. The third kappa shape index (κ3) is 5.25. The molecule has 1 amide bonds. The van der Waals surface area contributed by atoms with Crippen LogP contribution in [0.4, 0.5) is 11.4 Å². The van der Waals surface area contributed by atoms with Crippen LogP contribution in [0.15, 0.2) is 65.6 Å². The molecule has 3 aromatic carbocycles. The number of carbonyl (C=O) groups excluding carboxylic acids is 1. The van der Waals surface area contributed by atoms with Gasteiger partial charge in [0, 0.05) is 18.3 Å². The molecule has 6 nitrogen and oxygen atoms in total. The van der Waals surface area contributed by atoms with E-state index in [1.165, 1.54) is 23.5 Å². The SMILES string of the molecule is CCOc1ccc(N(C)S(=O)(=O)c2ccc(C)c(C(=O)Nc3c(CC)cccc3CC)c2)cc1. The highest BCUT2D eigenvalue weighted by molar-refractivity contribution is 7.92. The number of sulfonamides is 1. The van der Waals surface area contributed by atoms with Crippen molar-refractivity contribution in [2.75, 3.05) is 23.3 Å². The van der Waals surface area contributed by atoms with Gasteiger partial charge in [0.1, 0.15) is 5.75 Å². The lowest BCUT2D eigenvalue weighted by atomic mass is 10.0. The Labute approximate surface area is 202 Å². The number of hydrogen-bond donors (Lipinski definition) is 1. The number of aryl methyl sites for hydroxylation is 3. The van der Waals surface area contributed by atoms with Gasteiger partial charge in [0.05, 0.1) is 17.2 Å². The topological polar surface area (TPSA) is 75.7 Å². The number of benzene rings is 3. The van der Waals surface area contributed by atoms with Crippen LogP contribution < -0.4 is 14.4 Å². The summed E-state index contributed by atoms with van der Waals surface area (Å²) in [6.07, 6.45) is 1.56. The number of para-hydroxylation sites is 1. The first-order valence-electron chi connectivity index (χ1n) is 11.5. The number of carbonyl (C=O) groups is 1. The van der Waals surface area contributed by atoms with Crippen molar-refractivity contribution in [3.63, 3.8) is 0 Å². The first kappa shape index (κ1) is 25.3. The highest BCUT2D eigenvalue weighted by Gasteiger charge is 2.24. The van der Waals surface area contributed by atoms with Crippen molar-refractivity contribution < 1.29 is 17.9 Å². The molecule has 0 aliphatic heterocycles. The van der Waals surface area contributed by atoms with Gasteiger partial charge in [0.2, 0.25) is 0 Å². The highest BCUT2D eigenvalue weighted by Crippen LogP contribution is 2.27. The molecule has 0 aromatic heterocycles. The molecule has 0 saturated heterocycles. The zero-order chi connectivity index (χ0) is 24.9. The molecule has 34 heavy (non-hydrogen) atoms. The molecule has 0 bridgehead atoms. The Morgan fingerprint density at radius 3 is 2.12 bits per heavy atom. The second-order valence-corrected chi connectivity index (χ2v) is 9.96. The fraction of sp³-hybridized carbons (Fsp3) is 0.296. The molecule has 0 fully saturated rings. The Kier molecular flexibility index (Phi) is 7.99. The molecule has 0 radical (unpaired) electrons. The molecule has 7 heteroatoms. The van der Waals surface area contributed by atoms with Crippen molar-refractivity contribution in [3.05, 3.63) is 82.9 Å². The lowest BCUT2D eigenvalue weighted by Crippen LogP contribution is -2.27. The third-order valence-electron chi connectivity index (χ3n) is 5.86. The summed E-state index contributed by atoms with van der Waals surface area (Å²) in [5.74, 6) is 0.346. The Morgan fingerprint density at radius 1 is 0.941 bits per heavy atom. The monoisotopic (exact) mass is 480 g/mol. The molecule has 0 atom stereocenters. The van der Waals surface area contributed by atoms with Gasteiger partial charge in [-0.25, -0.2) is 8.42 Å². The van der Waals surface area contributed by atoms with Crippen LogP contribution >= 0.6 is 0 Å². The van der Waals surface area contributed by atoms with Gasteiger partial charge in [0.25, 0.3) is 15.9 Å². The van der Waals surface area contributed by atoms with E-state index in [-0.39, 0.29) is 10.8 Å². The molecule has 0 saturated carbocycles. The Morgan fingerprint density at radius 2 is 1.56 bits per heavy atom. The van der Waals surface area contributed by atoms with Gasteiger partial charge < -0.3 is 10.1 Å². The summed E-state index contributed by atoms with van der Waals surface area (Å²) in [4.78, 5) is 13.3. The number of amides is 1. The molecule has 0 spiro atoms. The van der Waals surface area contributed by atoms with Crippen LogP contribution in [-0.4, -0.2) is 28.0 Å². The normalized spacial score (nSPS) is 11.2. The quantitative estimate of drug-likeness (QED) is 0.433. The van der Waals surface area contributed by atoms with Gasteiger partial charge >= 0.3 is 0 Å². The fourth-order valence-corrected chi connectivity index (χ4v) is 5.03. The lowest BCUT2D eigenvalue weighted by molar-refractivity contribution is 0.102. The molecule has 1 N–H and O–H groups in total. The molecule has 180 valence electrons. The molecule has 3 aromatic rings. The van der Waals surface area contributed by atoms with Crippen molar-refractivity contribution in [2.45, 2.75) is 45.4 Å². The van der Waals surface area contributed by atoms with E-state index in [9.17, 15) is 13.2 Å². The van der Waals surface area contributed by atoms with E-state index in [1.807, 2.05) is 39.0 Å². The predicted molar refractivity (Wildman–Crippen MR) is 138 cm³/mol. The maximum atomic E-state index is 13.4. The number of nitrogens with one attached hydrogen (secondary N) is 1. The zero-order valence-electron chi connectivity index (χ0n) is 20.4. The summed E-state index contributed by atoms with van der Waals surface area (Å²) in [5.41, 5.74) is 4.42. The van der Waals surface area contributed by atoms with E-state index in [1.54, 1.807) is 37.3 Å². The van der Waals surface area contributed by atoms with Crippen molar-refractivity contribution in [1.29, 1.82) is 0 Å². The van der Waals surface area contributed by atoms with Crippen LogP contribution in [-0.2, 0) is 22.9 Å². The summed E-state index contributed by atoms with van der Waals surface area (Å²) in [5, 5.41) is 3.03. The summed E-state index contributed by atoms with van der Waals surface area (Å²) in [6.45, 7) is 8.30. The van der Waals surface area contributed by atoms with Crippen LogP contribution in [0.1, 0.15) is 47.8 Å². The Bertz CT molecular complexity index is 1250. The second kappa shape index (κ2) is 10.7. The van der Waals surface area contributed by atoms with E-state index in [4.69, 9.17) is 4.74 Å². The Balaban J connectivity index is 1.93. The molecule has 3 rings (SSSR count). The van der Waals surface area contributed by atoms with Crippen molar-refractivity contribution in [1.82, 2.24) is 0 Å². The zero-order valence-corrected chi connectivity index (χ0v) is 21.2. The van der Waals surface area contributed by atoms with Gasteiger partial charge in [0.15, 0.2) is 0 Å². The summed E-state index contributed by atoms with van der Waals surface area (Å²) < 4.78 is 33.3. The van der Waals surface area contributed by atoms with Crippen LogP contribution in [0.25, 0.3) is 0 Å². The molecular weight excluding hydrogens is 448 g/mol. The van der Waals surface area contributed by atoms with Crippen molar-refractivity contribution >= 4 is 27.3 Å². The number of rotatable bonds is 9. The average Bonchev–Trinajstić information content (AvgIpc) is 2.84. The number of nitrogens with zero attached hydrogens (tertiary/aromatic N) is 1. The number of anilines is 2. The smallest absolute Gasteiger partial charge is 0.264 e. The van der Waals surface area contributed by atoms with E-state index in [0.29, 0.717) is 29.2 Å². The number of ether oxygens (including phenoxy) is 1. The van der Waals surface area contributed by atoms with Gasteiger partial charge in [-0.1, -0.05) is 38.1 Å². The highest BCUT2D eigenvalue weighted by atomic mass is 32.2. The van der Waals surface area contributed by atoms with Crippen molar-refractivity contribution in [2.24, 2.45) is 0 Å². The van der Waals surface area contributed by atoms with Gasteiger partial charge in [-0.2, -0.15) is 0 Å². The average molecular weight is 481 g/mol. The molecule has 0 heterocycles. The fourth-order valence-electron chi connectivity index (χ4n) is 3.81. The third-order valence-corrected chi connectivity index (χ3v) is 7.64. The largest absolute Gasteiger partial charge is 0.494 e. The first-order valence-corrected chi connectivity index (χ1v) is 12.9. The van der Waals surface area contributed by atoms with Crippen LogP contribution in [0.2, 0.25) is 0 Å². The van der Waals surface area contributed by atoms with E-state index < -0.39 is 10.0 Å². The maximum Gasteiger partial charge on any atom is 0.264 e. The summed E-state index contributed by atoms with van der Waals surface area (Å²) in [6, 6.07) is 17.5. The molecular formula is C27H32N2O4S. The Hall–Kier alpha value is -3.32.